The number of carbonyl (C=O) groups is 1. The monoisotopic (exact) mass is 339 g/mol. The van der Waals surface area contributed by atoms with Crippen molar-refractivity contribution < 1.29 is 41.0 Å². The third-order valence-electron chi connectivity index (χ3n) is 2.33. The molecule has 0 atom stereocenters. The van der Waals surface area contributed by atoms with Gasteiger partial charge in [-0.2, -0.15) is 14.0 Å². The van der Waals surface area contributed by atoms with Gasteiger partial charge in [0.05, 0.1) is 13.0 Å². The third kappa shape index (κ3) is 5.98. The average molecular weight is 339 g/mol. The van der Waals surface area contributed by atoms with Crippen LogP contribution in [0.2, 0.25) is 0 Å². The minimum Gasteiger partial charge on any atom is -0.466 e. The minimum atomic E-state index is -5.16. The minimum absolute atomic E-state index is 0.0292. The Morgan fingerprint density at radius 2 is 1.91 bits per heavy atom. The van der Waals surface area contributed by atoms with E-state index in [1.165, 1.54) is 13.0 Å². The molecule has 0 aliphatic carbocycles. The van der Waals surface area contributed by atoms with Crippen LogP contribution in [-0.4, -0.2) is 25.6 Å². The summed E-state index contributed by atoms with van der Waals surface area (Å²) in [6.07, 6.45) is -5.66. The van der Waals surface area contributed by atoms with Gasteiger partial charge in [-0.05, 0) is 24.6 Å². The van der Waals surface area contributed by atoms with Gasteiger partial charge in [-0.3, -0.25) is 4.79 Å². The fourth-order valence-electron chi connectivity index (χ4n) is 1.63. The Bertz CT molecular complexity index is 610. The lowest BCUT2D eigenvalue weighted by atomic mass is 10.1. The largest absolute Gasteiger partial charge is 0.573 e. The summed E-state index contributed by atoms with van der Waals surface area (Å²) in [6, 6.07) is 2.89. The molecule has 0 aliphatic rings. The maximum Gasteiger partial charge on any atom is 0.573 e. The fraction of sp³-hybridized carbons (Fsp3) is 0.385. The number of carbonyl (C=O) groups excluding carboxylic acids is 1. The van der Waals surface area contributed by atoms with E-state index in [4.69, 9.17) is 5.26 Å². The Morgan fingerprint density at radius 3 is 2.39 bits per heavy atom. The van der Waals surface area contributed by atoms with E-state index in [0.717, 1.165) is 12.1 Å². The lowest BCUT2D eigenvalue weighted by Crippen LogP contribution is -2.19. The highest BCUT2D eigenvalue weighted by atomic mass is 19.4. The molecule has 0 radical (unpaired) electrons. The van der Waals surface area contributed by atoms with Crippen molar-refractivity contribution in [3.8, 4) is 17.6 Å². The molecule has 10 heteroatoms. The second-order valence-electron chi connectivity index (χ2n) is 3.99. The van der Waals surface area contributed by atoms with Gasteiger partial charge in [0.25, 0.3) is 0 Å². The van der Waals surface area contributed by atoms with Crippen LogP contribution in [0.1, 0.15) is 18.1 Å². The molecule has 0 aliphatic heterocycles. The van der Waals surface area contributed by atoms with Gasteiger partial charge in [-0.25, -0.2) is 0 Å². The van der Waals surface area contributed by atoms with E-state index in [2.05, 4.69) is 14.2 Å². The molecule has 0 spiro atoms. The first-order chi connectivity index (χ1) is 10.7. The van der Waals surface area contributed by atoms with E-state index in [0.29, 0.717) is 0 Å². The third-order valence-corrected chi connectivity index (χ3v) is 2.33. The first-order valence-electron chi connectivity index (χ1n) is 6.09. The topological polar surface area (TPSA) is 68.5 Å². The molecule has 0 unspecified atom stereocenters. The molecular formula is C13H10F5NO4. The predicted molar refractivity (Wildman–Crippen MR) is 64.8 cm³/mol. The molecule has 0 aromatic heterocycles. The van der Waals surface area contributed by atoms with E-state index in [1.807, 2.05) is 0 Å². The number of ether oxygens (including phenoxy) is 3. The number of nitrogens with zero attached hydrogens (tertiary/aromatic N) is 1. The van der Waals surface area contributed by atoms with Gasteiger partial charge in [0, 0.05) is 0 Å². The predicted octanol–water partition coefficient (Wildman–Crippen LogP) is 3.16. The van der Waals surface area contributed by atoms with Gasteiger partial charge in [0.2, 0.25) is 0 Å². The van der Waals surface area contributed by atoms with Crippen LogP contribution in [0.25, 0.3) is 0 Å². The normalized spacial score (nSPS) is 11.0. The Morgan fingerprint density at radius 1 is 1.30 bits per heavy atom. The molecule has 0 N–H and O–H groups in total. The van der Waals surface area contributed by atoms with Crippen LogP contribution in [0.3, 0.4) is 0 Å². The second-order valence-corrected chi connectivity index (χ2v) is 3.99. The maximum atomic E-state index is 12.4. The summed E-state index contributed by atoms with van der Waals surface area (Å²) < 4.78 is 74.0. The van der Waals surface area contributed by atoms with E-state index in [1.54, 1.807) is 0 Å². The molecule has 0 saturated heterocycles. The summed E-state index contributed by atoms with van der Waals surface area (Å²) in [5, 5.41) is 8.85. The lowest BCUT2D eigenvalue weighted by molar-refractivity contribution is -0.274. The summed E-state index contributed by atoms with van der Waals surface area (Å²) in [5.41, 5.74) is -1.01. The summed E-state index contributed by atoms with van der Waals surface area (Å²) in [7, 11) is 0. The van der Waals surface area contributed by atoms with Crippen molar-refractivity contribution in [2.24, 2.45) is 0 Å². The molecule has 126 valence electrons. The zero-order valence-corrected chi connectivity index (χ0v) is 11.6. The van der Waals surface area contributed by atoms with Gasteiger partial charge in [-0.1, -0.05) is 0 Å². The van der Waals surface area contributed by atoms with Crippen molar-refractivity contribution in [1.29, 1.82) is 5.26 Å². The molecule has 0 amide bonds. The van der Waals surface area contributed by atoms with E-state index < -0.39 is 42.4 Å². The molecule has 5 nitrogen and oxygen atoms in total. The van der Waals surface area contributed by atoms with Gasteiger partial charge >= 0.3 is 18.9 Å². The van der Waals surface area contributed by atoms with Crippen LogP contribution >= 0.6 is 0 Å². The van der Waals surface area contributed by atoms with Crippen molar-refractivity contribution in [2.45, 2.75) is 26.3 Å². The van der Waals surface area contributed by atoms with E-state index in [-0.39, 0.29) is 12.2 Å². The highest BCUT2D eigenvalue weighted by Gasteiger charge is 2.33. The molecule has 0 bridgehead atoms. The Kier molecular flexibility index (Phi) is 6.12. The molecule has 0 fully saturated rings. The second kappa shape index (κ2) is 7.62. The van der Waals surface area contributed by atoms with Crippen LogP contribution in [-0.2, 0) is 16.0 Å². The Hall–Kier alpha value is -2.57. The number of esters is 1. The number of halogens is 5. The number of benzene rings is 1. The van der Waals surface area contributed by atoms with Gasteiger partial charge in [-0.15, -0.1) is 13.2 Å². The highest BCUT2D eigenvalue weighted by Crippen LogP contribution is 2.34. The standard InChI is InChI=1S/C13H10F5NO4/c1-2-21-11(20)5-7-3-9(22-12(14)15)8(6-19)10(4-7)23-13(16,17)18/h3-4,12H,2,5H2,1H3. The van der Waals surface area contributed by atoms with Crippen LogP contribution in [0.15, 0.2) is 12.1 Å². The highest BCUT2D eigenvalue weighted by molar-refractivity contribution is 5.73. The number of alkyl halides is 5. The van der Waals surface area contributed by atoms with E-state index in [9.17, 15) is 26.7 Å². The summed E-state index contributed by atoms with van der Waals surface area (Å²) in [5.74, 6) is -2.67. The molecule has 0 saturated carbocycles. The van der Waals surface area contributed by atoms with Crippen LogP contribution < -0.4 is 9.47 Å². The molecular weight excluding hydrogens is 329 g/mol. The SMILES string of the molecule is CCOC(=O)Cc1cc(OC(F)F)c(C#N)c(OC(F)(F)F)c1. The van der Waals surface area contributed by atoms with Gasteiger partial charge in [0.15, 0.2) is 5.75 Å². The van der Waals surface area contributed by atoms with Gasteiger partial charge in [0.1, 0.15) is 17.4 Å². The van der Waals surface area contributed by atoms with E-state index >= 15 is 0 Å². The number of nitriles is 1. The summed E-state index contributed by atoms with van der Waals surface area (Å²) >= 11 is 0. The number of hydrogen-bond acceptors (Lipinski definition) is 5. The van der Waals surface area contributed by atoms with Crippen molar-refractivity contribution >= 4 is 5.97 Å². The van der Waals surface area contributed by atoms with Crippen molar-refractivity contribution in [3.63, 3.8) is 0 Å². The first-order valence-corrected chi connectivity index (χ1v) is 6.09. The molecule has 0 heterocycles. The Balaban J connectivity index is 3.29. The summed E-state index contributed by atoms with van der Waals surface area (Å²) in [4.78, 5) is 11.4. The lowest BCUT2D eigenvalue weighted by Gasteiger charge is -2.15. The van der Waals surface area contributed by atoms with Gasteiger partial charge < -0.3 is 14.2 Å². The molecule has 1 aromatic rings. The van der Waals surface area contributed by atoms with Crippen molar-refractivity contribution in [2.75, 3.05) is 6.61 Å². The van der Waals surface area contributed by atoms with Crippen molar-refractivity contribution in [1.82, 2.24) is 0 Å². The first kappa shape index (κ1) is 18.5. The van der Waals surface area contributed by atoms with Crippen LogP contribution in [0.4, 0.5) is 22.0 Å². The van der Waals surface area contributed by atoms with Crippen molar-refractivity contribution in [3.05, 3.63) is 23.3 Å². The quantitative estimate of drug-likeness (QED) is 0.588. The average Bonchev–Trinajstić information content (AvgIpc) is 2.36. The molecule has 1 rings (SSSR count). The van der Waals surface area contributed by atoms with Crippen LogP contribution in [0, 0.1) is 11.3 Å². The Labute approximate surface area is 127 Å². The smallest absolute Gasteiger partial charge is 0.466 e. The molecule has 1 aromatic carbocycles. The maximum absolute atomic E-state index is 12.4. The zero-order valence-electron chi connectivity index (χ0n) is 11.6. The number of rotatable bonds is 6. The summed E-state index contributed by atoms with van der Waals surface area (Å²) in [6.45, 7) is -1.83. The van der Waals surface area contributed by atoms with Crippen LogP contribution in [0.5, 0.6) is 11.5 Å². The molecule has 23 heavy (non-hydrogen) atoms. The number of hydrogen-bond donors (Lipinski definition) is 0. The fourth-order valence-corrected chi connectivity index (χ4v) is 1.63. The zero-order chi connectivity index (χ0) is 17.6.